The van der Waals surface area contributed by atoms with Gasteiger partial charge >= 0.3 is 5.97 Å². The van der Waals surface area contributed by atoms with Gasteiger partial charge in [-0.2, -0.15) is 0 Å². The number of rotatable bonds is 4. The molecule has 1 aromatic heterocycles. The van der Waals surface area contributed by atoms with E-state index in [1.54, 1.807) is 24.1 Å². The van der Waals surface area contributed by atoms with Crippen molar-refractivity contribution in [2.75, 3.05) is 25.0 Å². The van der Waals surface area contributed by atoms with E-state index in [1.165, 1.54) is 11.1 Å². The lowest BCUT2D eigenvalue weighted by Crippen LogP contribution is -2.45. The van der Waals surface area contributed by atoms with Crippen molar-refractivity contribution in [1.29, 1.82) is 0 Å². The Morgan fingerprint density at radius 2 is 2.30 bits per heavy atom. The third kappa shape index (κ3) is 3.19. The van der Waals surface area contributed by atoms with Gasteiger partial charge in [0.05, 0.1) is 11.6 Å². The zero-order chi connectivity index (χ0) is 14.7. The van der Waals surface area contributed by atoms with Gasteiger partial charge in [0.15, 0.2) is 0 Å². The molecule has 1 aliphatic heterocycles. The maximum absolute atomic E-state index is 12.2. The van der Waals surface area contributed by atoms with E-state index in [1.807, 2.05) is 0 Å². The lowest BCUT2D eigenvalue weighted by atomic mass is 10.2. The van der Waals surface area contributed by atoms with Crippen molar-refractivity contribution >= 4 is 29.3 Å². The Labute approximate surface area is 122 Å². The van der Waals surface area contributed by atoms with E-state index in [9.17, 15) is 9.59 Å². The summed E-state index contributed by atoms with van der Waals surface area (Å²) in [6.07, 6.45) is 2.75. The average molecular weight is 298 g/mol. The fraction of sp³-hybridized carbons (Fsp3) is 0.462. The maximum atomic E-state index is 12.2. The zero-order valence-corrected chi connectivity index (χ0v) is 11.9. The number of aliphatic carboxylic acids is 1. The predicted octanol–water partition coefficient (Wildman–Crippen LogP) is 1.25. The van der Waals surface area contributed by atoms with Crippen LogP contribution in [0.3, 0.4) is 0 Å². The standard InChI is InChI=1S/C13H16ClN3O3/c1-16(11-5-4-9(14)7-15-11)8-12(18)17-6-2-3-10(17)13(19)20/h4-5,7,10H,2-3,6,8H2,1H3,(H,19,20). The van der Waals surface area contributed by atoms with Crippen LogP contribution < -0.4 is 4.90 Å². The normalized spacial score (nSPS) is 18.1. The van der Waals surface area contributed by atoms with Crippen LogP contribution in [0.15, 0.2) is 18.3 Å². The first-order chi connectivity index (χ1) is 9.49. The number of aromatic nitrogens is 1. The number of hydrogen-bond acceptors (Lipinski definition) is 4. The molecule has 1 aromatic rings. The second-order valence-corrected chi connectivity index (χ2v) is 5.21. The Morgan fingerprint density at radius 1 is 1.55 bits per heavy atom. The molecule has 1 saturated heterocycles. The summed E-state index contributed by atoms with van der Waals surface area (Å²) < 4.78 is 0. The van der Waals surface area contributed by atoms with Crippen LogP contribution in [-0.4, -0.2) is 53.0 Å². The van der Waals surface area contributed by atoms with Gasteiger partial charge in [-0.3, -0.25) is 4.79 Å². The number of halogens is 1. The van der Waals surface area contributed by atoms with Crippen LogP contribution in [0.2, 0.25) is 5.02 Å². The number of amides is 1. The number of pyridine rings is 1. The number of nitrogens with zero attached hydrogens (tertiary/aromatic N) is 3. The first-order valence-corrected chi connectivity index (χ1v) is 6.72. The Bertz CT molecular complexity index is 506. The smallest absolute Gasteiger partial charge is 0.326 e. The summed E-state index contributed by atoms with van der Waals surface area (Å²) in [5, 5.41) is 9.61. The van der Waals surface area contributed by atoms with Crippen molar-refractivity contribution in [3.63, 3.8) is 0 Å². The number of carbonyl (C=O) groups is 2. The summed E-state index contributed by atoms with van der Waals surface area (Å²) in [7, 11) is 1.74. The van der Waals surface area contributed by atoms with Crippen LogP contribution in [0.25, 0.3) is 0 Å². The van der Waals surface area contributed by atoms with E-state index >= 15 is 0 Å². The second kappa shape index (κ2) is 6.09. The topological polar surface area (TPSA) is 73.7 Å². The molecule has 2 rings (SSSR count). The summed E-state index contributed by atoms with van der Waals surface area (Å²) in [4.78, 5) is 30.5. The number of likely N-dealkylation sites (N-methyl/N-ethyl adjacent to an activating group) is 1. The minimum absolute atomic E-state index is 0.0956. The molecule has 0 bridgehead atoms. The highest BCUT2D eigenvalue weighted by Gasteiger charge is 2.34. The lowest BCUT2D eigenvalue weighted by molar-refractivity contribution is -0.147. The molecular formula is C13H16ClN3O3. The van der Waals surface area contributed by atoms with Gasteiger partial charge in [-0.15, -0.1) is 0 Å². The monoisotopic (exact) mass is 297 g/mol. The molecule has 20 heavy (non-hydrogen) atoms. The van der Waals surface area contributed by atoms with Crippen LogP contribution in [0.5, 0.6) is 0 Å². The van der Waals surface area contributed by atoms with Crippen molar-refractivity contribution in [1.82, 2.24) is 9.88 Å². The van der Waals surface area contributed by atoms with Gasteiger partial charge in [0.1, 0.15) is 11.9 Å². The molecular weight excluding hydrogens is 282 g/mol. The molecule has 7 heteroatoms. The molecule has 1 atom stereocenters. The van der Waals surface area contributed by atoms with Crippen molar-refractivity contribution in [3.05, 3.63) is 23.4 Å². The third-order valence-corrected chi connectivity index (χ3v) is 3.56. The minimum atomic E-state index is -0.942. The van der Waals surface area contributed by atoms with Crippen LogP contribution in [0.1, 0.15) is 12.8 Å². The van der Waals surface area contributed by atoms with Gasteiger partial charge < -0.3 is 14.9 Å². The summed E-state index contributed by atoms with van der Waals surface area (Å²) in [5.41, 5.74) is 0. The van der Waals surface area contributed by atoms with Crippen molar-refractivity contribution in [3.8, 4) is 0 Å². The molecule has 1 aliphatic rings. The van der Waals surface area contributed by atoms with Gasteiger partial charge in [0, 0.05) is 19.8 Å². The number of likely N-dealkylation sites (tertiary alicyclic amines) is 1. The molecule has 0 aliphatic carbocycles. The molecule has 1 amide bonds. The van der Waals surface area contributed by atoms with E-state index in [0.29, 0.717) is 23.8 Å². The Hall–Kier alpha value is -1.82. The first-order valence-electron chi connectivity index (χ1n) is 6.34. The van der Waals surface area contributed by atoms with Crippen molar-refractivity contribution < 1.29 is 14.7 Å². The Balaban J connectivity index is 2.00. The average Bonchev–Trinajstić information content (AvgIpc) is 2.88. The van der Waals surface area contributed by atoms with Gasteiger partial charge in [-0.25, -0.2) is 9.78 Å². The molecule has 0 aromatic carbocycles. The first kappa shape index (κ1) is 14.6. The Morgan fingerprint density at radius 3 is 2.90 bits per heavy atom. The summed E-state index contributed by atoms with van der Waals surface area (Å²) in [6.45, 7) is 0.593. The number of anilines is 1. The SMILES string of the molecule is CN(CC(=O)N1CCCC1C(=O)O)c1ccc(Cl)cn1. The molecule has 0 saturated carbocycles. The number of hydrogen-bond donors (Lipinski definition) is 1. The molecule has 1 N–H and O–H groups in total. The van der Waals surface area contributed by atoms with Crippen molar-refractivity contribution in [2.45, 2.75) is 18.9 Å². The summed E-state index contributed by atoms with van der Waals surface area (Å²) in [5.74, 6) is -0.522. The van der Waals surface area contributed by atoms with Gasteiger partial charge in [-0.1, -0.05) is 11.6 Å². The van der Waals surface area contributed by atoms with Gasteiger partial charge in [0.2, 0.25) is 5.91 Å². The molecule has 0 radical (unpaired) electrons. The van der Waals surface area contributed by atoms with Gasteiger partial charge in [0.25, 0.3) is 0 Å². The van der Waals surface area contributed by atoms with E-state index in [-0.39, 0.29) is 12.5 Å². The van der Waals surface area contributed by atoms with Gasteiger partial charge in [-0.05, 0) is 25.0 Å². The molecule has 1 unspecified atom stereocenters. The van der Waals surface area contributed by atoms with Crippen LogP contribution in [0, 0.1) is 0 Å². The van der Waals surface area contributed by atoms with E-state index in [4.69, 9.17) is 16.7 Å². The second-order valence-electron chi connectivity index (χ2n) is 4.77. The Kier molecular flexibility index (Phi) is 4.44. The third-order valence-electron chi connectivity index (χ3n) is 3.33. The van der Waals surface area contributed by atoms with E-state index in [0.717, 1.165) is 6.42 Å². The zero-order valence-electron chi connectivity index (χ0n) is 11.1. The van der Waals surface area contributed by atoms with Crippen molar-refractivity contribution in [2.24, 2.45) is 0 Å². The summed E-state index contributed by atoms with van der Waals surface area (Å²) in [6, 6.07) is 2.71. The van der Waals surface area contributed by atoms with Crippen LogP contribution in [-0.2, 0) is 9.59 Å². The quantitative estimate of drug-likeness (QED) is 0.905. The molecule has 108 valence electrons. The number of carbonyl (C=O) groups excluding carboxylic acids is 1. The number of carboxylic acid groups (broad SMARTS) is 1. The molecule has 0 spiro atoms. The van der Waals surface area contributed by atoms with E-state index < -0.39 is 12.0 Å². The lowest BCUT2D eigenvalue weighted by Gasteiger charge is -2.25. The molecule has 2 heterocycles. The number of carboxylic acids is 1. The highest BCUT2D eigenvalue weighted by Crippen LogP contribution is 2.19. The molecule has 6 nitrogen and oxygen atoms in total. The summed E-state index contributed by atoms with van der Waals surface area (Å²) >= 11 is 5.76. The highest BCUT2D eigenvalue weighted by molar-refractivity contribution is 6.30. The van der Waals surface area contributed by atoms with Crippen LogP contribution >= 0.6 is 11.6 Å². The van der Waals surface area contributed by atoms with E-state index in [2.05, 4.69) is 4.98 Å². The predicted molar refractivity (Wildman–Crippen MR) is 74.9 cm³/mol. The molecule has 1 fully saturated rings. The fourth-order valence-electron chi connectivity index (χ4n) is 2.29. The largest absolute Gasteiger partial charge is 0.480 e. The van der Waals surface area contributed by atoms with Crippen LogP contribution in [0.4, 0.5) is 5.82 Å². The fourth-order valence-corrected chi connectivity index (χ4v) is 2.40. The minimum Gasteiger partial charge on any atom is -0.480 e. The highest BCUT2D eigenvalue weighted by atomic mass is 35.5. The maximum Gasteiger partial charge on any atom is 0.326 e.